The van der Waals surface area contributed by atoms with Gasteiger partial charge in [0.2, 0.25) is 0 Å². The summed E-state index contributed by atoms with van der Waals surface area (Å²) < 4.78 is 5.31. The Hall–Kier alpha value is -0.770. The highest BCUT2D eigenvalue weighted by molar-refractivity contribution is 5.85. The molecule has 0 bridgehead atoms. The molecule has 1 aromatic rings. The van der Waals surface area contributed by atoms with E-state index >= 15 is 0 Å². The largest absolute Gasteiger partial charge is 0.494 e. The van der Waals surface area contributed by atoms with Crippen molar-refractivity contribution in [3.63, 3.8) is 0 Å². The molecule has 0 aliphatic rings. The van der Waals surface area contributed by atoms with Crippen LogP contribution < -0.4 is 10.5 Å². The number of aliphatic hydroxyl groups is 1. The van der Waals surface area contributed by atoms with Crippen molar-refractivity contribution in [1.82, 2.24) is 0 Å². The van der Waals surface area contributed by atoms with Gasteiger partial charge in [0, 0.05) is 12.6 Å². The van der Waals surface area contributed by atoms with Gasteiger partial charge in [0.05, 0.1) is 6.61 Å². The fourth-order valence-electron chi connectivity index (χ4n) is 1.28. The summed E-state index contributed by atoms with van der Waals surface area (Å²) in [6, 6.07) is 7.58. The SMILES string of the molecule is CCOc1ccc(C(N)CCO)cc1.Cl. The molecular formula is C11H18ClNO2. The molecule has 3 nitrogen and oxygen atoms in total. The van der Waals surface area contributed by atoms with Crippen LogP contribution in [0.15, 0.2) is 24.3 Å². The first-order valence-electron chi connectivity index (χ1n) is 4.87. The van der Waals surface area contributed by atoms with Crippen molar-refractivity contribution < 1.29 is 9.84 Å². The fourth-order valence-corrected chi connectivity index (χ4v) is 1.28. The van der Waals surface area contributed by atoms with Crippen molar-refractivity contribution in [1.29, 1.82) is 0 Å². The molecule has 4 heteroatoms. The molecule has 1 rings (SSSR count). The zero-order valence-corrected chi connectivity index (χ0v) is 9.67. The monoisotopic (exact) mass is 231 g/mol. The van der Waals surface area contributed by atoms with Gasteiger partial charge in [0.1, 0.15) is 5.75 Å². The van der Waals surface area contributed by atoms with E-state index in [-0.39, 0.29) is 25.1 Å². The first-order chi connectivity index (χ1) is 6.77. The van der Waals surface area contributed by atoms with Gasteiger partial charge in [0.15, 0.2) is 0 Å². The van der Waals surface area contributed by atoms with E-state index in [1.54, 1.807) is 0 Å². The number of hydrogen-bond acceptors (Lipinski definition) is 3. The molecule has 0 spiro atoms. The molecular weight excluding hydrogens is 214 g/mol. The second-order valence-electron chi connectivity index (χ2n) is 3.12. The molecule has 15 heavy (non-hydrogen) atoms. The van der Waals surface area contributed by atoms with Gasteiger partial charge < -0.3 is 15.6 Å². The quantitative estimate of drug-likeness (QED) is 0.814. The number of rotatable bonds is 5. The van der Waals surface area contributed by atoms with Gasteiger partial charge in [-0.3, -0.25) is 0 Å². The van der Waals surface area contributed by atoms with Gasteiger partial charge in [-0.25, -0.2) is 0 Å². The molecule has 0 aliphatic heterocycles. The number of aliphatic hydroxyl groups excluding tert-OH is 1. The lowest BCUT2D eigenvalue weighted by atomic mass is 10.1. The lowest BCUT2D eigenvalue weighted by Gasteiger charge is -2.10. The van der Waals surface area contributed by atoms with Gasteiger partial charge in [0.25, 0.3) is 0 Å². The summed E-state index contributed by atoms with van der Waals surface area (Å²) in [6.45, 7) is 2.74. The minimum atomic E-state index is -0.0873. The molecule has 0 fully saturated rings. The van der Waals surface area contributed by atoms with Crippen LogP contribution in [0.2, 0.25) is 0 Å². The second-order valence-corrected chi connectivity index (χ2v) is 3.12. The van der Waals surface area contributed by atoms with Gasteiger partial charge in [-0.15, -0.1) is 12.4 Å². The highest BCUT2D eigenvalue weighted by Gasteiger charge is 2.04. The van der Waals surface area contributed by atoms with Crippen LogP contribution >= 0.6 is 12.4 Å². The van der Waals surface area contributed by atoms with E-state index in [0.717, 1.165) is 11.3 Å². The first-order valence-corrected chi connectivity index (χ1v) is 4.87. The summed E-state index contributed by atoms with van der Waals surface area (Å²) in [7, 11) is 0. The predicted molar refractivity (Wildman–Crippen MR) is 63.5 cm³/mol. The normalized spacial score (nSPS) is 11.7. The van der Waals surface area contributed by atoms with Crippen LogP contribution in [0.1, 0.15) is 24.9 Å². The average Bonchev–Trinajstić information content (AvgIpc) is 2.20. The summed E-state index contributed by atoms with van der Waals surface area (Å²) in [5, 5.41) is 8.73. The maximum absolute atomic E-state index is 8.73. The lowest BCUT2D eigenvalue weighted by molar-refractivity contribution is 0.276. The molecule has 0 radical (unpaired) electrons. The van der Waals surface area contributed by atoms with Crippen LogP contribution in [0.4, 0.5) is 0 Å². The van der Waals surface area contributed by atoms with E-state index in [0.29, 0.717) is 13.0 Å². The first kappa shape index (κ1) is 14.2. The molecule has 0 saturated carbocycles. The Morgan fingerprint density at radius 3 is 2.40 bits per heavy atom. The molecule has 0 heterocycles. The molecule has 86 valence electrons. The molecule has 3 N–H and O–H groups in total. The van der Waals surface area contributed by atoms with Crippen LogP contribution in [-0.2, 0) is 0 Å². The van der Waals surface area contributed by atoms with Crippen molar-refractivity contribution in [2.45, 2.75) is 19.4 Å². The Morgan fingerprint density at radius 2 is 1.93 bits per heavy atom. The molecule has 0 amide bonds. The van der Waals surface area contributed by atoms with Crippen molar-refractivity contribution in [2.75, 3.05) is 13.2 Å². The molecule has 0 aliphatic carbocycles. The van der Waals surface area contributed by atoms with E-state index in [1.807, 2.05) is 31.2 Å². The van der Waals surface area contributed by atoms with E-state index in [9.17, 15) is 0 Å². The Labute approximate surface area is 96.7 Å². The standard InChI is InChI=1S/C11H17NO2.ClH/c1-2-14-10-5-3-9(4-6-10)11(12)7-8-13;/h3-6,11,13H,2,7-8,12H2,1H3;1H. The third-order valence-corrected chi connectivity index (χ3v) is 2.06. The topological polar surface area (TPSA) is 55.5 Å². The minimum Gasteiger partial charge on any atom is -0.494 e. The van der Waals surface area contributed by atoms with Crippen molar-refractivity contribution in [2.24, 2.45) is 5.73 Å². The van der Waals surface area contributed by atoms with Crippen LogP contribution in [0, 0.1) is 0 Å². The van der Waals surface area contributed by atoms with E-state index in [2.05, 4.69) is 0 Å². The maximum atomic E-state index is 8.73. The molecule has 1 unspecified atom stereocenters. The van der Waals surface area contributed by atoms with E-state index in [4.69, 9.17) is 15.6 Å². The van der Waals surface area contributed by atoms with Gasteiger partial charge in [-0.1, -0.05) is 12.1 Å². The van der Waals surface area contributed by atoms with Crippen molar-refractivity contribution in [3.8, 4) is 5.75 Å². The van der Waals surface area contributed by atoms with Crippen LogP contribution in [0.3, 0.4) is 0 Å². The fraction of sp³-hybridized carbons (Fsp3) is 0.455. The Kier molecular flexibility index (Phi) is 7.13. The van der Waals surface area contributed by atoms with Gasteiger partial charge in [-0.05, 0) is 31.0 Å². The second kappa shape index (κ2) is 7.51. The lowest BCUT2D eigenvalue weighted by Crippen LogP contribution is -2.11. The molecule has 1 atom stereocenters. The Balaban J connectivity index is 0.00000196. The summed E-state index contributed by atoms with van der Waals surface area (Å²) >= 11 is 0. The highest BCUT2D eigenvalue weighted by Crippen LogP contribution is 2.18. The van der Waals surface area contributed by atoms with Crippen molar-refractivity contribution >= 4 is 12.4 Å². The third-order valence-electron chi connectivity index (χ3n) is 2.06. The maximum Gasteiger partial charge on any atom is 0.119 e. The molecule has 0 aromatic heterocycles. The average molecular weight is 232 g/mol. The summed E-state index contributed by atoms with van der Waals surface area (Å²) in [6.07, 6.45) is 0.591. The van der Waals surface area contributed by atoms with Crippen molar-refractivity contribution in [3.05, 3.63) is 29.8 Å². The predicted octanol–water partition coefficient (Wildman–Crippen LogP) is 1.89. The zero-order valence-electron chi connectivity index (χ0n) is 8.85. The summed E-state index contributed by atoms with van der Waals surface area (Å²) in [5.41, 5.74) is 6.86. The third kappa shape index (κ3) is 4.51. The van der Waals surface area contributed by atoms with Gasteiger partial charge >= 0.3 is 0 Å². The van der Waals surface area contributed by atoms with E-state index < -0.39 is 0 Å². The van der Waals surface area contributed by atoms with Crippen LogP contribution in [0.25, 0.3) is 0 Å². The molecule has 0 saturated heterocycles. The number of ether oxygens (including phenoxy) is 1. The number of nitrogens with two attached hydrogens (primary N) is 1. The Bertz CT molecular complexity index is 264. The van der Waals surface area contributed by atoms with Crippen LogP contribution in [0.5, 0.6) is 5.75 Å². The van der Waals surface area contributed by atoms with Crippen LogP contribution in [-0.4, -0.2) is 18.3 Å². The van der Waals surface area contributed by atoms with Gasteiger partial charge in [-0.2, -0.15) is 0 Å². The highest BCUT2D eigenvalue weighted by atomic mass is 35.5. The smallest absolute Gasteiger partial charge is 0.119 e. The van der Waals surface area contributed by atoms with E-state index in [1.165, 1.54) is 0 Å². The number of hydrogen-bond donors (Lipinski definition) is 2. The molecule has 1 aromatic carbocycles. The number of benzene rings is 1. The summed E-state index contributed by atoms with van der Waals surface area (Å²) in [5.74, 6) is 0.854. The Morgan fingerprint density at radius 1 is 1.33 bits per heavy atom. The summed E-state index contributed by atoms with van der Waals surface area (Å²) in [4.78, 5) is 0. The minimum absolute atomic E-state index is 0. The zero-order chi connectivity index (χ0) is 10.4. The number of halogens is 1.